The van der Waals surface area contributed by atoms with E-state index in [4.69, 9.17) is 4.74 Å². The molecule has 8 rings (SSSR count). The quantitative estimate of drug-likeness (QED) is 0.200. The fraction of sp³-hybridized carbons (Fsp3) is 0.513. The van der Waals surface area contributed by atoms with Crippen LogP contribution in [0.5, 0.6) is 5.75 Å². The van der Waals surface area contributed by atoms with Gasteiger partial charge >= 0.3 is 5.69 Å². The Balaban J connectivity index is 0.853. The van der Waals surface area contributed by atoms with E-state index >= 15 is 4.39 Å². The van der Waals surface area contributed by atoms with Gasteiger partial charge in [0.25, 0.3) is 11.8 Å². The van der Waals surface area contributed by atoms with Crippen molar-refractivity contribution in [2.24, 2.45) is 18.4 Å². The van der Waals surface area contributed by atoms with Crippen LogP contribution in [0.3, 0.4) is 0 Å². The predicted octanol–water partition coefficient (Wildman–Crippen LogP) is 4.14. The summed E-state index contributed by atoms with van der Waals surface area (Å²) >= 11 is 0. The number of nitro benzene ring substituents is 1. The van der Waals surface area contributed by atoms with Crippen molar-refractivity contribution in [1.82, 2.24) is 24.9 Å². The van der Waals surface area contributed by atoms with E-state index in [0.29, 0.717) is 24.7 Å². The van der Waals surface area contributed by atoms with E-state index < -0.39 is 40.4 Å². The number of hydrogen-bond donors (Lipinski definition) is 1. The van der Waals surface area contributed by atoms with Gasteiger partial charge in [0.15, 0.2) is 5.75 Å². The van der Waals surface area contributed by atoms with Crippen molar-refractivity contribution in [1.29, 1.82) is 0 Å². The molecule has 2 aromatic carbocycles. The fourth-order valence-electron chi connectivity index (χ4n) is 9.29. The summed E-state index contributed by atoms with van der Waals surface area (Å²) in [5, 5.41) is 18.3. The Kier molecular flexibility index (Phi) is 9.55. The number of fused-ring (bicyclic) bond motifs is 1. The number of nitrogens with one attached hydrogen (secondary N) is 1. The van der Waals surface area contributed by atoms with Gasteiger partial charge in [-0.25, -0.2) is 4.39 Å². The number of ether oxygens (including phenoxy) is 1. The smallest absolute Gasteiger partial charge is 0.311 e. The lowest BCUT2D eigenvalue weighted by atomic mass is 9.71. The van der Waals surface area contributed by atoms with Gasteiger partial charge in [-0.05, 0) is 81.5 Å². The maximum atomic E-state index is 15.5. The maximum absolute atomic E-state index is 15.5. The molecular weight excluding hydrogens is 711 g/mol. The molecule has 0 radical (unpaired) electrons. The zero-order chi connectivity index (χ0) is 38.6. The Hall–Kier alpha value is -5.38. The highest BCUT2D eigenvalue weighted by molar-refractivity contribution is 6.23. The second-order valence-electron chi connectivity index (χ2n) is 15.7. The van der Waals surface area contributed by atoms with Gasteiger partial charge in [-0.3, -0.25) is 44.2 Å². The van der Waals surface area contributed by atoms with E-state index in [1.54, 1.807) is 23.0 Å². The summed E-state index contributed by atoms with van der Waals surface area (Å²) in [4.78, 5) is 69.7. The van der Waals surface area contributed by atoms with Gasteiger partial charge < -0.3 is 19.4 Å². The second kappa shape index (κ2) is 14.4. The number of benzene rings is 2. The lowest BCUT2D eigenvalue weighted by Crippen LogP contribution is -2.54. The number of carbonyl (C=O) groups is 4. The number of aromatic nitrogens is 2. The minimum absolute atomic E-state index is 0.0210. The summed E-state index contributed by atoms with van der Waals surface area (Å²) in [5.41, 5.74) is 2.94. The molecule has 3 aromatic rings. The average molecular weight is 757 g/mol. The van der Waals surface area contributed by atoms with Crippen LogP contribution in [-0.4, -0.2) is 107 Å². The third-order valence-electron chi connectivity index (χ3n) is 12.6. The number of methoxy groups -OCH3 is 1. The van der Waals surface area contributed by atoms with Crippen LogP contribution in [0.4, 0.5) is 21.5 Å². The third-order valence-corrected chi connectivity index (χ3v) is 12.6. The number of hydrogen-bond acceptors (Lipinski definition) is 11. The van der Waals surface area contributed by atoms with E-state index in [-0.39, 0.29) is 40.8 Å². The van der Waals surface area contributed by atoms with E-state index in [0.717, 1.165) is 99.0 Å². The van der Waals surface area contributed by atoms with E-state index in [9.17, 15) is 29.3 Å². The van der Waals surface area contributed by atoms with Gasteiger partial charge in [0.1, 0.15) is 11.9 Å². The molecule has 4 amide bonds. The van der Waals surface area contributed by atoms with E-state index in [1.165, 1.54) is 13.2 Å². The number of rotatable bonds is 8. The number of aryl methyl sites for hydroxylation is 1. The third kappa shape index (κ3) is 6.80. The highest BCUT2D eigenvalue weighted by atomic mass is 19.1. The van der Waals surface area contributed by atoms with Crippen molar-refractivity contribution in [3.63, 3.8) is 0 Å². The first-order valence-corrected chi connectivity index (χ1v) is 19.1. The number of halogens is 1. The first-order valence-electron chi connectivity index (χ1n) is 19.1. The molecule has 5 aliphatic heterocycles. The normalized spacial score (nSPS) is 22.0. The molecule has 15 nitrogen and oxygen atoms in total. The molecule has 4 fully saturated rings. The Labute approximate surface area is 317 Å². The molecule has 55 heavy (non-hydrogen) atoms. The van der Waals surface area contributed by atoms with Crippen molar-refractivity contribution in [2.75, 3.05) is 62.7 Å². The molecular formula is C39H45FN8O7. The number of likely N-dealkylation sites (tertiary alicyclic amines) is 1. The molecule has 6 heterocycles. The number of piperidine rings is 4. The molecule has 0 aliphatic carbocycles. The van der Waals surface area contributed by atoms with Gasteiger partial charge in [-0.2, -0.15) is 5.10 Å². The lowest BCUT2D eigenvalue weighted by molar-refractivity contribution is -0.385. The maximum Gasteiger partial charge on any atom is 0.311 e. The number of imide groups is 2. The van der Waals surface area contributed by atoms with E-state index in [1.807, 2.05) is 18.1 Å². The molecule has 1 unspecified atom stereocenters. The van der Waals surface area contributed by atoms with Crippen molar-refractivity contribution < 1.29 is 33.2 Å². The van der Waals surface area contributed by atoms with Gasteiger partial charge in [0.05, 0.1) is 35.0 Å². The summed E-state index contributed by atoms with van der Waals surface area (Å²) in [6.07, 6.45) is 9.62. The molecule has 1 aromatic heterocycles. The minimum Gasteiger partial charge on any atom is -0.490 e. The SMILES string of the molecule is COc1cc(N2CCC(CN3CCC4(CC3)CCN(c3cc5c(cc3F)C(=O)N(C3CCC(=O)NC3=O)C5=O)CC4)CC2)c(-c2cnn(C)c2)cc1[N+](=O)[O-]. The summed E-state index contributed by atoms with van der Waals surface area (Å²) in [6, 6.07) is 4.86. The topological polar surface area (TPSA) is 163 Å². The largest absolute Gasteiger partial charge is 0.490 e. The van der Waals surface area contributed by atoms with Gasteiger partial charge in [0.2, 0.25) is 11.8 Å². The molecule has 0 saturated carbocycles. The molecule has 1 spiro atoms. The monoisotopic (exact) mass is 756 g/mol. The number of carbonyl (C=O) groups excluding carboxylic acids is 4. The van der Waals surface area contributed by atoms with Crippen molar-refractivity contribution in [3.05, 3.63) is 63.7 Å². The predicted molar refractivity (Wildman–Crippen MR) is 199 cm³/mol. The Morgan fingerprint density at radius 2 is 1.55 bits per heavy atom. The molecule has 1 N–H and O–H groups in total. The highest BCUT2D eigenvalue weighted by Crippen LogP contribution is 2.45. The van der Waals surface area contributed by atoms with Gasteiger partial charge in [0, 0.05) is 81.3 Å². The fourth-order valence-corrected chi connectivity index (χ4v) is 9.29. The Morgan fingerprint density at radius 1 is 0.891 bits per heavy atom. The number of nitrogens with zero attached hydrogens (tertiary/aromatic N) is 7. The first kappa shape index (κ1) is 36.6. The lowest BCUT2D eigenvalue weighted by Gasteiger charge is -2.48. The molecule has 5 aliphatic rings. The standard InChI is InChI=1S/C39H45FN8O7/c1-43-23-25(21-41-43)26-18-33(48(53)54)34(55-2)20-31(26)45-11-5-24(6-12-45)22-44-13-7-39(8-14-44)9-15-46(16-10-39)32-19-28-27(17-29(32)40)37(51)47(38(28)52)30-3-4-35(49)42-36(30)50/h17-21,23-24,30H,3-16,22H2,1-2H3,(H,42,49,50). The molecule has 16 heteroatoms. The summed E-state index contributed by atoms with van der Waals surface area (Å²) in [7, 11) is 3.28. The zero-order valence-corrected chi connectivity index (χ0v) is 31.1. The minimum atomic E-state index is -1.09. The van der Waals surface area contributed by atoms with Crippen LogP contribution in [-0.2, 0) is 16.6 Å². The molecule has 290 valence electrons. The van der Waals surface area contributed by atoms with Gasteiger partial charge in [-0.15, -0.1) is 0 Å². The van der Waals surface area contributed by atoms with Crippen LogP contribution in [0.25, 0.3) is 11.1 Å². The Morgan fingerprint density at radius 3 is 2.16 bits per heavy atom. The number of nitro groups is 1. The molecule has 4 saturated heterocycles. The Bertz CT molecular complexity index is 2060. The average Bonchev–Trinajstić information content (AvgIpc) is 3.71. The van der Waals surface area contributed by atoms with Crippen LogP contribution in [0.15, 0.2) is 36.7 Å². The highest BCUT2D eigenvalue weighted by Gasteiger charge is 2.46. The van der Waals surface area contributed by atoms with Crippen LogP contribution in [0.2, 0.25) is 0 Å². The molecule has 0 bridgehead atoms. The van der Waals surface area contributed by atoms with Gasteiger partial charge in [-0.1, -0.05) is 0 Å². The second-order valence-corrected chi connectivity index (χ2v) is 15.7. The first-order chi connectivity index (χ1) is 26.4. The summed E-state index contributed by atoms with van der Waals surface area (Å²) in [5.74, 6) is -2.28. The number of amides is 4. The summed E-state index contributed by atoms with van der Waals surface area (Å²) in [6.45, 7) is 5.98. The van der Waals surface area contributed by atoms with Crippen molar-refractivity contribution in [3.8, 4) is 16.9 Å². The van der Waals surface area contributed by atoms with E-state index in [2.05, 4.69) is 20.2 Å². The van der Waals surface area contributed by atoms with Crippen LogP contribution < -0.4 is 19.9 Å². The summed E-state index contributed by atoms with van der Waals surface area (Å²) < 4.78 is 22.7. The van der Waals surface area contributed by atoms with Crippen LogP contribution in [0, 0.1) is 27.3 Å². The van der Waals surface area contributed by atoms with Crippen LogP contribution >= 0.6 is 0 Å². The van der Waals surface area contributed by atoms with Crippen molar-refractivity contribution in [2.45, 2.75) is 57.4 Å². The van der Waals surface area contributed by atoms with Crippen molar-refractivity contribution >= 4 is 40.7 Å². The number of anilines is 2. The molecule has 1 atom stereocenters. The van der Waals surface area contributed by atoms with Crippen LogP contribution in [0.1, 0.15) is 72.1 Å². The zero-order valence-electron chi connectivity index (χ0n) is 31.1.